The predicted molar refractivity (Wildman–Crippen MR) is 124 cm³/mol. The summed E-state index contributed by atoms with van der Waals surface area (Å²) in [5.74, 6) is 1.20. The number of ether oxygens (including phenoxy) is 2. The van der Waals surface area contributed by atoms with Crippen molar-refractivity contribution in [1.29, 1.82) is 0 Å². The molecule has 0 aliphatic carbocycles. The molecule has 1 amide bonds. The second-order valence-corrected chi connectivity index (χ2v) is 8.80. The zero-order chi connectivity index (χ0) is 22.2. The molecule has 1 aliphatic heterocycles. The van der Waals surface area contributed by atoms with E-state index < -0.39 is 0 Å². The van der Waals surface area contributed by atoms with Crippen molar-refractivity contribution in [3.63, 3.8) is 0 Å². The number of nitrogens with zero attached hydrogens (tertiary/aromatic N) is 1. The fraction of sp³-hybridized carbons (Fsp3) is 0.417. The largest absolute Gasteiger partial charge is 0.494 e. The van der Waals surface area contributed by atoms with Gasteiger partial charge in [0, 0.05) is 39.9 Å². The maximum atomic E-state index is 13.1. The van der Waals surface area contributed by atoms with Gasteiger partial charge in [-0.3, -0.25) is 9.59 Å². The van der Waals surface area contributed by atoms with Crippen LogP contribution in [-0.4, -0.2) is 43.1 Å². The zero-order valence-corrected chi connectivity index (χ0v) is 19.5. The van der Waals surface area contributed by atoms with E-state index in [1.807, 2.05) is 61.2 Å². The molecule has 31 heavy (non-hydrogen) atoms. The van der Waals surface area contributed by atoms with Crippen molar-refractivity contribution in [3.8, 4) is 5.75 Å². The Balaban J connectivity index is 1.68. The lowest BCUT2D eigenvalue weighted by Gasteiger charge is -2.31. The van der Waals surface area contributed by atoms with Crippen LogP contribution in [0.15, 0.2) is 47.4 Å². The van der Waals surface area contributed by atoms with Crippen molar-refractivity contribution in [2.45, 2.75) is 37.3 Å². The fourth-order valence-corrected chi connectivity index (χ4v) is 4.58. The minimum Gasteiger partial charge on any atom is -0.494 e. The molecule has 0 atom stereocenters. The number of esters is 1. The van der Waals surface area contributed by atoms with Crippen molar-refractivity contribution in [3.05, 3.63) is 58.6 Å². The number of carbonyl (C=O) groups is 2. The molecule has 2 aromatic carbocycles. The van der Waals surface area contributed by atoms with E-state index in [-0.39, 0.29) is 17.8 Å². The summed E-state index contributed by atoms with van der Waals surface area (Å²) in [6, 6.07) is 13.3. The van der Waals surface area contributed by atoms with Crippen LogP contribution in [0.2, 0.25) is 5.02 Å². The molecule has 7 heteroatoms. The Labute approximate surface area is 193 Å². The molecule has 0 N–H and O–H groups in total. The van der Waals surface area contributed by atoms with E-state index in [0.717, 1.165) is 16.2 Å². The number of hydrogen-bond donors (Lipinski definition) is 0. The van der Waals surface area contributed by atoms with Gasteiger partial charge in [0.2, 0.25) is 0 Å². The van der Waals surface area contributed by atoms with Crippen molar-refractivity contribution in [2.24, 2.45) is 5.92 Å². The van der Waals surface area contributed by atoms with Crippen LogP contribution in [0, 0.1) is 5.92 Å². The van der Waals surface area contributed by atoms with Gasteiger partial charge in [0.1, 0.15) is 5.75 Å². The number of benzene rings is 2. The van der Waals surface area contributed by atoms with Crippen LogP contribution in [-0.2, 0) is 15.3 Å². The average Bonchev–Trinajstić information content (AvgIpc) is 2.79. The first-order valence-corrected chi connectivity index (χ1v) is 12.0. The van der Waals surface area contributed by atoms with E-state index in [4.69, 9.17) is 21.1 Å². The molecule has 166 valence electrons. The summed E-state index contributed by atoms with van der Waals surface area (Å²) < 4.78 is 10.9. The average molecular weight is 462 g/mol. The number of halogens is 1. The number of thioether (sulfide) groups is 1. The summed E-state index contributed by atoms with van der Waals surface area (Å²) in [6.45, 7) is 5.83. The molecule has 1 saturated heterocycles. The molecule has 1 aliphatic rings. The number of amides is 1. The van der Waals surface area contributed by atoms with Crippen LogP contribution in [0.25, 0.3) is 0 Å². The first-order valence-electron chi connectivity index (χ1n) is 10.6. The van der Waals surface area contributed by atoms with Gasteiger partial charge in [-0.1, -0.05) is 11.6 Å². The van der Waals surface area contributed by atoms with Crippen molar-refractivity contribution >= 4 is 35.2 Å². The lowest BCUT2D eigenvalue weighted by atomic mass is 9.96. The molecule has 0 saturated carbocycles. The molecule has 0 radical (unpaired) electrons. The van der Waals surface area contributed by atoms with Crippen molar-refractivity contribution in [1.82, 2.24) is 4.90 Å². The Morgan fingerprint density at radius 2 is 1.77 bits per heavy atom. The molecule has 5 nitrogen and oxygen atoms in total. The van der Waals surface area contributed by atoms with Crippen molar-refractivity contribution in [2.75, 3.05) is 26.3 Å². The summed E-state index contributed by atoms with van der Waals surface area (Å²) in [5, 5.41) is 0.707. The normalized spacial score (nSPS) is 14.4. The standard InChI is InChI=1S/C24H28ClNO4S/c1-3-29-22-10-5-18(15-19(22)16-31-21-8-6-20(25)7-9-21)23(27)26-13-11-17(12-14-26)24(28)30-4-2/h5-10,15,17H,3-4,11-14,16H2,1-2H3. The zero-order valence-electron chi connectivity index (χ0n) is 17.9. The summed E-state index contributed by atoms with van der Waals surface area (Å²) in [7, 11) is 0. The number of piperidine rings is 1. The van der Waals surface area contributed by atoms with Gasteiger partial charge in [0.05, 0.1) is 19.1 Å². The lowest BCUT2D eigenvalue weighted by molar-refractivity contribution is -0.149. The molecular formula is C24H28ClNO4S. The van der Waals surface area contributed by atoms with Gasteiger partial charge in [-0.25, -0.2) is 0 Å². The van der Waals surface area contributed by atoms with Crippen LogP contribution in [0.4, 0.5) is 0 Å². The van der Waals surface area contributed by atoms with Gasteiger partial charge < -0.3 is 14.4 Å². The second-order valence-electron chi connectivity index (χ2n) is 7.32. The smallest absolute Gasteiger partial charge is 0.309 e. The third-order valence-corrected chi connectivity index (χ3v) is 6.53. The van der Waals surface area contributed by atoms with E-state index >= 15 is 0 Å². The monoisotopic (exact) mass is 461 g/mol. The third-order valence-electron chi connectivity index (χ3n) is 5.22. The predicted octanol–water partition coefficient (Wildman–Crippen LogP) is 5.45. The van der Waals surface area contributed by atoms with E-state index in [1.165, 1.54) is 0 Å². The quantitative estimate of drug-likeness (QED) is 0.386. The minimum absolute atomic E-state index is 0.0110. The molecule has 0 spiro atoms. The highest BCUT2D eigenvalue weighted by Crippen LogP contribution is 2.30. The van der Waals surface area contributed by atoms with Crippen LogP contribution in [0.5, 0.6) is 5.75 Å². The Morgan fingerprint density at radius 3 is 2.42 bits per heavy atom. The Kier molecular flexibility index (Phi) is 8.67. The van der Waals surface area contributed by atoms with Gasteiger partial charge in [0.15, 0.2) is 0 Å². The number of likely N-dealkylation sites (tertiary alicyclic amines) is 1. The summed E-state index contributed by atoms with van der Waals surface area (Å²) in [5.41, 5.74) is 1.62. The van der Waals surface area contributed by atoms with Gasteiger partial charge in [-0.15, -0.1) is 11.8 Å². The summed E-state index contributed by atoms with van der Waals surface area (Å²) in [4.78, 5) is 28.0. The van der Waals surface area contributed by atoms with Crippen LogP contribution in [0.1, 0.15) is 42.6 Å². The molecule has 0 bridgehead atoms. The molecule has 0 unspecified atom stereocenters. The Morgan fingerprint density at radius 1 is 1.06 bits per heavy atom. The van der Waals surface area contributed by atoms with Gasteiger partial charge in [0.25, 0.3) is 5.91 Å². The Hall–Kier alpha value is -2.18. The SMILES string of the molecule is CCOC(=O)C1CCN(C(=O)c2ccc(OCC)c(CSc3ccc(Cl)cc3)c2)CC1. The maximum absolute atomic E-state index is 13.1. The highest BCUT2D eigenvalue weighted by Gasteiger charge is 2.28. The minimum atomic E-state index is -0.155. The van der Waals surface area contributed by atoms with Gasteiger partial charge in [-0.05, 0) is 69.2 Å². The number of carbonyl (C=O) groups excluding carboxylic acids is 2. The Bertz CT molecular complexity index is 895. The van der Waals surface area contributed by atoms with E-state index in [1.54, 1.807) is 11.8 Å². The highest BCUT2D eigenvalue weighted by atomic mass is 35.5. The van der Waals surface area contributed by atoms with E-state index in [9.17, 15) is 9.59 Å². The third kappa shape index (κ3) is 6.40. The van der Waals surface area contributed by atoms with Crippen molar-refractivity contribution < 1.29 is 19.1 Å². The van der Waals surface area contributed by atoms with Gasteiger partial charge >= 0.3 is 5.97 Å². The van der Waals surface area contributed by atoms with Gasteiger partial charge in [-0.2, -0.15) is 0 Å². The topological polar surface area (TPSA) is 55.8 Å². The molecule has 0 aromatic heterocycles. The molecule has 3 rings (SSSR count). The van der Waals surface area contributed by atoms with E-state index in [2.05, 4.69) is 0 Å². The molecule has 1 heterocycles. The van der Waals surface area contributed by atoms with Crippen LogP contribution < -0.4 is 4.74 Å². The molecule has 2 aromatic rings. The van der Waals surface area contributed by atoms with E-state index in [0.29, 0.717) is 55.5 Å². The second kappa shape index (κ2) is 11.4. The number of rotatable bonds is 8. The van der Waals surface area contributed by atoms with Crippen LogP contribution in [0.3, 0.4) is 0 Å². The molecule has 1 fully saturated rings. The lowest BCUT2D eigenvalue weighted by Crippen LogP contribution is -2.40. The highest BCUT2D eigenvalue weighted by molar-refractivity contribution is 7.98. The fourth-order valence-electron chi connectivity index (χ4n) is 3.57. The summed E-state index contributed by atoms with van der Waals surface area (Å²) in [6.07, 6.45) is 1.28. The maximum Gasteiger partial charge on any atom is 0.309 e. The van der Waals surface area contributed by atoms with Crippen LogP contribution >= 0.6 is 23.4 Å². The summed E-state index contributed by atoms with van der Waals surface area (Å²) >= 11 is 7.64. The first-order chi connectivity index (χ1) is 15.0. The first kappa shape index (κ1) is 23.5. The number of hydrogen-bond acceptors (Lipinski definition) is 5. The molecular weight excluding hydrogens is 434 g/mol.